The van der Waals surface area contributed by atoms with E-state index in [1.807, 2.05) is 54.6 Å². The van der Waals surface area contributed by atoms with Crippen LogP contribution >= 0.6 is 0 Å². The van der Waals surface area contributed by atoms with Crippen molar-refractivity contribution in [3.05, 3.63) is 78.9 Å². The zero-order valence-electron chi connectivity index (χ0n) is 18.3. The Morgan fingerprint density at radius 2 is 1.58 bits per heavy atom. The van der Waals surface area contributed by atoms with E-state index in [1.165, 1.54) is 7.11 Å². The first-order valence-electron chi connectivity index (χ1n) is 10.2. The predicted molar refractivity (Wildman–Crippen MR) is 128 cm³/mol. The van der Waals surface area contributed by atoms with Gasteiger partial charge in [-0.05, 0) is 30.7 Å². The Bertz CT molecular complexity index is 1180. The molecule has 0 saturated heterocycles. The summed E-state index contributed by atoms with van der Waals surface area (Å²) in [6.07, 6.45) is -0.0547. The summed E-state index contributed by atoms with van der Waals surface area (Å²) in [5.74, 6) is -1.59. The van der Waals surface area contributed by atoms with Crippen molar-refractivity contribution >= 4 is 34.8 Å². The lowest BCUT2D eigenvalue weighted by atomic mass is 10.0. The molecule has 3 amide bonds. The van der Waals surface area contributed by atoms with Crippen LogP contribution in [0.15, 0.2) is 84.0 Å². The molecule has 0 atom stereocenters. The van der Waals surface area contributed by atoms with Gasteiger partial charge < -0.3 is 15.4 Å². The number of amides is 3. The number of ether oxygens (including phenoxy) is 1. The number of hydrogen-bond acceptors (Lipinski definition) is 5. The van der Waals surface area contributed by atoms with Gasteiger partial charge in [0.15, 0.2) is 0 Å². The molecule has 168 valence electrons. The van der Waals surface area contributed by atoms with Crippen molar-refractivity contribution < 1.29 is 19.1 Å². The van der Waals surface area contributed by atoms with Crippen molar-refractivity contribution in [3.63, 3.8) is 0 Å². The highest BCUT2D eigenvalue weighted by atomic mass is 16.5. The van der Waals surface area contributed by atoms with Crippen molar-refractivity contribution in [2.24, 2.45) is 5.10 Å². The Morgan fingerprint density at radius 3 is 2.33 bits per heavy atom. The number of para-hydroxylation sites is 1. The smallest absolute Gasteiger partial charge is 0.329 e. The van der Waals surface area contributed by atoms with Crippen molar-refractivity contribution in [1.29, 1.82) is 0 Å². The van der Waals surface area contributed by atoms with Crippen LogP contribution in [0, 0.1) is 0 Å². The lowest BCUT2D eigenvalue weighted by Gasteiger charge is -2.11. The Hall–Kier alpha value is -4.46. The van der Waals surface area contributed by atoms with E-state index in [0.29, 0.717) is 22.8 Å². The van der Waals surface area contributed by atoms with Crippen molar-refractivity contribution in [3.8, 4) is 16.9 Å². The summed E-state index contributed by atoms with van der Waals surface area (Å²) in [6, 6.07) is 23.8. The molecule has 0 unspecified atom stereocenters. The van der Waals surface area contributed by atoms with Crippen LogP contribution in [0.2, 0.25) is 0 Å². The molecule has 0 fully saturated rings. The molecule has 0 saturated carbocycles. The third-order valence-electron chi connectivity index (χ3n) is 4.58. The lowest BCUT2D eigenvalue weighted by Crippen LogP contribution is -2.33. The minimum Gasteiger partial charge on any atom is -0.497 e. The molecule has 3 N–H and O–H groups in total. The summed E-state index contributed by atoms with van der Waals surface area (Å²) >= 11 is 0. The van der Waals surface area contributed by atoms with Crippen LogP contribution in [0.4, 0.5) is 11.4 Å². The van der Waals surface area contributed by atoms with Gasteiger partial charge in [0.2, 0.25) is 5.91 Å². The number of hydrazone groups is 1. The fraction of sp³-hybridized carbons (Fsp3) is 0.120. The number of nitrogens with one attached hydrogen (secondary N) is 3. The maximum absolute atomic E-state index is 12.5. The van der Waals surface area contributed by atoms with Gasteiger partial charge >= 0.3 is 11.8 Å². The van der Waals surface area contributed by atoms with Crippen LogP contribution in [0.3, 0.4) is 0 Å². The molecule has 0 aliphatic carbocycles. The molecule has 3 aromatic rings. The largest absolute Gasteiger partial charge is 0.497 e. The molecule has 33 heavy (non-hydrogen) atoms. The lowest BCUT2D eigenvalue weighted by molar-refractivity contribution is -0.136. The van der Waals surface area contributed by atoms with Crippen LogP contribution in [-0.2, 0) is 14.4 Å². The number of benzene rings is 3. The molecule has 8 nitrogen and oxygen atoms in total. The van der Waals surface area contributed by atoms with Gasteiger partial charge in [-0.15, -0.1) is 0 Å². The number of hydrogen-bond donors (Lipinski definition) is 3. The third-order valence-corrected chi connectivity index (χ3v) is 4.58. The van der Waals surface area contributed by atoms with Crippen LogP contribution in [0.25, 0.3) is 11.1 Å². The predicted octanol–water partition coefficient (Wildman–Crippen LogP) is 3.82. The second kappa shape index (κ2) is 11.2. The second-order valence-electron chi connectivity index (χ2n) is 7.11. The van der Waals surface area contributed by atoms with Gasteiger partial charge in [-0.3, -0.25) is 14.4 Å². The molecule has 0 aliphatic rings. The summed E-state index contributed by atoms with van der Waals surface area (Å²) in [5.41, 5.74) is 5.45. The average molecular weight is 444 g/mol. The fourth-order valence-corrected chi connectivity index (χ4v) is 3.01. The number of carbonyl (C=O) groups is 3. The molecule has 0 radical (unpaired) electrons. The number of rotatable bonds is 7. The third kappa shape index (κ3) is 6.76. The van der Waals surface area contributed by atoms with Gasteiger partial charge in [0, 0.05) is 28.7 Å². The molecule has 0 spiro atoms. The first-order valence-corrected chi connectivity index (χ1v) is 10.2. The monoisotopic (exact) mass is 444 g/mol. The minimum atomic E-state index is -0.952. The van der Waals surface area contributed by atoms with E-state index in [1.54, 1.807) is 31.2 Å². The zero-order chi connectivity index (χ0) is 23.6. The van der Waals surface area contributed by atoms with E-state index in [9.17, 15) is 14.4 Å². The summed E-state index contributed by atoms with van der Waals surface area (Å²) < 4.78 is 5.08. The maximum atomic E-state index is 12.5. The SMILES string of the molecule is COc1cccc(NC(=O)C(=O)NN=C(C)CC(=O)Nc2ccccc2-c2ccccc2)c1. The standard InChI is InChI=1S/C25H24N4O4/c1-17(28-29-25(32)24(31)26-19-11-8-12-20(16-19)33-2)15-23(30)27-22-14-7-6-13-21(22)18-9-4-3-5-10-18/h3-14,16H,15H2,1-2H3,(H,26,31)(H,27,30)(H,29,32). The normalized spacial score (nSPS) is 10.8. The summed E-state index contributed by atoms with van der Waals surface area (Å²) in [4.78, 5) is 36.6. The van der Waals surface area contributed by atoms with Crippen LogP contribution < -0.4 is 20.8 Å². The number of anilines is 2. The Labute approximate surface area is 191 Å². The number of nitrogens with zero attached hydrogens (tertiary/aromatic N) is 1. The topological polar surface area (TPSA) is 109 Å². The van der Waals surface area contributed by atoms with E-state index in [-0.39, 0.29) is 12.3 Å². The van der Waals surface area contributed by atoms with E-state index in [0.717, 1.165) is 11.1 Å². The fourth-order valence-electron chi connectivity index (χ4n) is 3.01. The number of methoxy groups -OCH3 is 1. The van der Waals surface area contributed by atoms with Crippen LogP contribution in [0.1, 0.15) is 13.3 Å². The van der Waals surface area contributed by atoms with Crippen molar-refractivity contribution in [1.82, 2.24) is 5.43 Å². The highest BCUT2D eigenvalue weighted by Crippen LogP contribution is 2.27. The van der Waals surface area contributed by atoms with Gasteiger partial charge in [0.05, 0.1) is 13.5 Å². The van der Waals surface area contributed by atoms with E-state index >= 15 is 0 Å². The highest BCUT2D eigenvalue weighted by molar-refractivity contribution is 6.39. The van der Waals surface area contributed by atoms with Gasteiger partial charge in [0.1, 0.15) is 5.75 Å². The molecule has 0 bridgehead atoms. The van der Waals surface area contributed by atoms with Crippen LogP contribution in [-0.4, -0.2) is 30.5 Å². The zero-order valence-corrected chi connectivity index (χ0v) is 18.3. The van der Waals surface area contributed by atoms with Gasteiger partial charge in [0.25, 0.3) is 0 Å². The first kappa shape index (κ1) is 23.2. The van der Waals surface area contributed by atoms with Crippen molar-refractivity contribution in [2.45, 2.75) is 13.3 Å². The van der Waals surface area contributed by atoms with Gasteiger partial charge in [-0.25, -0.2) is 5.43 Å². The van der Waals surface area contributed by atoms with Crippen molar-refractivity contribution in [2.75, 3.05) is 17.7 Å². The van der Waals surface area contributed by atoms with Gasteiger partial charge in [-0.1, -0.05) is 54.6 Å². The van der Waals surface area contributed by atoms with E-state index in [4.69, 9.17) is 4.74 Å². The van der Waals surface area contributed by atoms with Gasteiger partial charge in [-0.2, -0.15) is 5.10 Å². The van der Waals surface area contributed by atoms with E-state index in [2.05, 4.69) is 21.2 Å². The van der Waals surface area contributed by atoms with Crippen LogP contribution in [0.5, 0.6) is 5.75 Å². The molecule has 3 aromatic carbocycles. The quantitative estimate of drug-likeness (QED) is 0.292. The summed E-state index contributed by atoms with van der Waals surface area (Å²) in [6.45, 7) is 1.59. The Kier molecular flexibility index (Phi) is 7.91. The first-order chi connectivity index (χ1) is 16.0. The molecular weight excluding hydrogens is 420 g/mol. The Morgan fingerprint density at radius 1 is 0.848 bits per heavy atom. The minimum absolute atomic E-state index is 0.0547. The molecule has 0 aromatic heterocycles. The molecule has 8 heteroatoms. The molecular formula is C25H24N4O4. The molecule has 0 heterocycles. The highest BCUT2D eigenvalue weighted by Gasteiger charge is 2.14. The summed E-state index contributed by atoms with van der Waals surface area (Å²) in [5, 5.41) is 9.18. The van der Waals surface area contributed by atoms with E-state index < -0.39 is 11.8 Å². The average Bonchev–Trinajstić information content (AvgIpc) is 2.83. The summed E-state index contributed by atoms with van der Waals surface area (Å²) in [7, 11) is 1.50. The molecule has 0 aliphatic heterocycles. The Balaban J connectivity index is 1.55. The molecule has 3 rings (SSSR count). The number of carbonyl (C=O) groups excluding carboxylic acids is 3. The second-order valence-corrected chi connectivity index (χ2v) is 7.11. The maximum Gasteiger partial charge on any atom is 0.329 e.